The first-order valence-electron chi connectivity index (χ1n) is 7.50. The molecule has 11 heteroatoms. The summed E-state index contributed by atoms with van der Waals surface area (Å²) in [7, 11) is 0. The lowest BCUT2D eigenvalue weighted by Crippen LogP contribution is -2.45. The van der Waals surface area contributed by atoms with E-state index >= 15 is 0 Å². The maximum absolute atomic E-state index is 12.8. The van der Waals surface area contributed by atoms with Crippen LogP contribution >= 0.6 is 0 Å². The number of primary amides is 1. The third-order valence-electron chi connectivity index (χ3n) is 3.50. The van der Waals surface area contributed by atoms with Crippen molar-refractivity contribution in [1.29, 1.82) is 5.26 Å². The zero-order valence-corrected chi connectivity index (χ0v) is 13.9. The largest absolute Gasteiger partial charge is 0.416 e. The monoisotopic (exact) mass is 395 g/mol. The summed E-state index contributed by atoms with van der Waals surface area (Å²) < 4.78 is 76.9. The molecule has 3 N–H and O–H groups in total. The number of nitriles is 1. The van der Waals surface area contributed by atoms with Gasteiger partial charge in [0.25, 0.3) is 0 Å². The van der Waals surface area contributed by atoms with Crippen LogP contribution < -0.4 is 11.1 Å². The van der Waals surface area contributed by atoms with Crippen LogP contribution in [0.25, 0.3) is 0 Å². The van der Waals surface area contributed by atoms with Gasteiger partial charge in [-0.05, 0) is 37.1 Å². The lowest BCUT2D eigenvalue weighted by atomic mass is 10.0. The molecule has 0 bridgehead atoms. The second kappa shape index (κ2) is 8.28. The van der Waals surface area contributed by atoms with Gasteiger partial charge in [0.1, 0.15) is 6.04 Å². The number of rotatable bonds is 6. The fourth-order valence-electron chi connectivity index (χ4n) is 2.20. The van der Waals surface area contributed by atoms with Gasteiger partial charge in [0.05, 0.1) is 23.6 Å². The highest BCUT2D eigenvalue weighted by Gasteiger charge is 2.37. The predicted octanol–water partition coefficient (Wildman–Crippen LogP) is 2.79. The van der Waals surface area contributed by atoms with Crippen molar-refractivity contribution in [2.75, 3.05) is 0 Å². The smallest absolute Gasteiger partial charge is 0.368 e. The van der Waals surface area contributed by atoms with Crippen LogP contribution in [0, 0.1) is 17.2 Å². The zero-order chi connectivity index (χ0) is 21.0. The van der Waals surface area contributed by atoms with Crippen molar-refractivity contribution < 1.29 is 35.9 Å². The number of halogens is 6. The first kappa shape index (κ1) is 22.3. The number of carbonyl (C=O) groups is 2. The Kier molecular flexibility index (Phi) is 6.83. The average molecular weight is 395 g/mol. The molecule has 2 atom stereocenters. The Morgan fingerprint density at radius 3 is 1.96 bits per heavy atom. The Balaban J connectivity index is 3.07. The Bertz CT molecular complexity index is 720. The first-order chi connectivity index (χ1) is 12.2. The molecule has 0 aromatic heterocycles. The number of nitrogens with zero attached hydrogens (tertiary/aromatic N) is 1. The maximum Gasteiger partial charge on any atom is 0.416 e. The van der Waals surface area contributed by atoms with Gasteiger partial charge >= 0.3 is 12.4 Å². The van der Waals surface area contributed by atoms with Crippen LogP contribution in [0.5, 0.6) is 0 Å². The van der Waals surface area contributed by atoms with Crippen molar-refractivity contribution in [2.24, 2.45) is 11.7 Å². The minimum absolute atomic E-state index is 0.0534. The summed E-state index contributed by atoms with van der Waals surface area (Å²) >= 11 is 0. The second-order valence-corrected chi connectivity index (χ2v) is 5.88. The molecule has 148 valence electrons. The van der Waals surface area contributed by atoms with E-state index in [1.54, 1.807) is 0 Å². The molecule has 2 amide bonds. The van der Waals surface area contributed by atoms with E-state index in [-0.39, 0.29) is 12.5 Å². The summed E-state index contributed by atoms with van der Waals surface area (Å²) in [6.45, 7) is 1.45. The number of nitrogens with one attached hydrogen (secondary N) is 1. The zero-order valence-electron chi connectivity index (χ0n) is 13.9. The summed E-state index contributed by atoms with van der Waals surface area (Å²) in [5.74, 6) is -2.64. The van der Waals surface area contributed by atoms with Crippen LogP contribution in [0.2, 0.25) is 0 Å². The molecule has 0 saturated carbocycles. The van der Waals surface area contributed by atoms with E-state index in [1.807, 2.05) is 6.07 Å². The third kappa shape index (κ3) is 6.80. The minimum Gasteiger partial charge on any atom is -0.368 e. The lowest BCUT2D eigenvalue weighted by molar-refractivity contribution is -0.143. The highest BCUT2D eigenvalue weighted by Crippen LogP contribution is 2.36. The number of benzene rings is 1. The summed E-state index contributed by atoms with van der Waals surface area (Å²) in [6.07, 6.45) is -11.1. The topological polar surface area (TPSA) is 96.0 Å². The SMILES string of the molecule is C[C@H](C#N)C[C@@H](NC(=O)Cc1cc(C(F)(F)F)cc(C(F)(F)F)c1)C(N)=O. The van der Waals surface area contributed by atoms with Crippen LogP contribution in [-0.4, -0.2) is 17.9 Å². The Hall–Kier alpha value is -2.77. The fourth-order valence-corrected chi connectivity index (χ4v) is 2.20. The van der Waals surface area contributed by atoms with Gasteiger partial charge in [-0.3, -0.25) is 9.59 Å². The Labute approximate surface area is 150 Å². The van der Waals surface area contributed by atoms with E-state index in [1.165, 1.54) is 6.92 Å². The van der Waals surface area contributed by atoms with Gasteiger partial charge in [-0.1, -0.05) is 0 Å². The van der Waals surface area contributed by atoms with Crippen molar-refractivity contribution in [3.8, 4) is 6.07 Å². The number of amides is 2. The van der Waals surface area contributed by atoms with E-state index in [9.17, 15) is 35.9 Å². The normalized spacial score (nSPS) is 14.1. The van der Waals surface area contributed by atoms with Gasteiger partial charge in [-0.25, -0.2) is 0 Å². The molecule has 0 spiro atoms. The number of nitrogens with two attached hydrogens (primary N) is 1. The third-order valence-corrected chi connectivity index (χ3v) is 3.50. The van der Waals surface area contributed by atoms with Crippen LogP contribution in [0.1, 0.15) is 30.0 Å². The number of alkyl halides is 6. The van der Waals surface area contributed by atoms with Crippen LogP contribution in [0.3, 0.4) is 0 Å². The predicted molar refractivity (Wildman–Crippen MR) is 80.7 cm³/mol. The molecular weight excluding hydrogens is 380 g/mol. The molecule has 5 nitrogen and oxygen atoms in total. The van der Waals surface area contributed by atoms with Gasteiger partial charge < -0.3 is 11.1 Å². The Morgan fingerprint density at radius 1 is 1.11 bits per heavy atom. The van der Waals surface area contributed by atoms with E-state index in [4.69, 9.17) is 11.0 Å². The van der Waals surface area contributed by atoms with Gasteiger partial charge in [0.2, 0.25) is 11.8 Å². The molecule has 0 aliphatic rings. The molecule has 0 saturated heterocycles. The van der Waals surface area contributed by atoms with E-state index in [0.717, 1.165) is 0 Å². The molecule has 1 aromatic carbocycles. The van der Waals surface area contributed by atoms with Crippen molar-refractivity contribution >= 4 is 11.8 Å². The van der Waals surface area contributed by atoms with Crippen molar-refractivity contribution in [1.82, 2.24) is 5.32 Å². The summed E-state index contributed by atoms with van der Waals surface area (Å²) in [5.41, 5.74) is 1.44. The molecule has 0 radical (unpaired) electrons. The molecular formula is C16H15F6N3O2. The standard InChI is InChI=1S/C16H15F6N3O2/c1-8(7-23)2-12(14(24)27)25-13(26)5-9-3-10(15(17,18)19)6-11(4-9)16(20,21)22/h3-4,6,8,12H,2,5H2,1H3,(H2,24,27)(H,25,26)/t8-,12+/m0/s1. The van der Waals surface area contributed by atoms with Gasteiger partial charge in [0.15, 0.2) is 0 Å². The summed E-state index contributed by atoms with van der Waals surface area (Å²) in [6, 6.07) is 1.33. The van der Waals surface area contributed by atoms with E-state index in [2.05, 4.69) is 5.32 Å². The van der Waals surface area contributed by atoms with Crippen LogP contribution in [0.4, 0.5) is 26.3 Å². The summed E-state index contributed by atoms with van der Waals surface area (Å²) in [5, 5.41) is 10.8. The molecule has 1 rings (SSSR count). The van der Waals surface area contributed by atoms with E-state index < -0.39 is 59.2 Å². The summed E-state index contributed by atoms with van der Waals surface area (Å²) in [4.78, 5) is 23.3. The molecule has 0 unspecified atom stereocenters. The highest BCUT2D eigenvalue weighted by molar-refractivity contribution is 5.87. The molecule has 27 heavy (non-hydrogen) atoms. The lowest BCUT2D eigenvalue weighted by Gasteiger charge is -2.17. The van der Waals surface area contributed by atoms with Crippen LogP contribution in [0.15, 0.2) is 18.2 Å². The molecule has 0 aliphatic carbocycles. The number of hydrogen-bond acceptors (Lipinski definition) is 3. The maximum atomic E-state index is 12.8. The Morgan fingerprint density at radius 2 is 1.59 bits per heavy atom. The molecule has 0 fully saturated rings. The van der Waals surface area contributed by atoms with Gasteiger partial charge in [-0.15, -0.1) is 0 Å². The molecule has 0 heterocycles. The highest BCUT2D eigenvalue weighted by atomic mass is 19.4. The second-order valence-electron chi connectivity index (χ2n) is 5.88. The van der Waals surface area contributed by atoms with E-state index in [0.29, 0.717) is 12.1 Å². The number of carbonyl (C=O) groups excluding carboxylic acids is 2. The first-order valence-corrected chi connectivity index (χ1v) is 7.50. The average Bonchev–Trinajstić information content (AvgIpc) is 2.51. The molecule has 1 aromatic rings. The number of hydrogen-bond donors (Lipinski definition) is 2. The molecule has 0 aliphatic heterocycles. The van der Waals surface area contributed by atoms with Crippen LogP contribution in [-0.2, 0) is 28.4 Å². The minimum atomic E-state index is -5.04. The van der Waals surface area contributed by atoms with Crippen molar-refractivity contribution in [2.45, 2.75) is 38.2 Å². The fraction of sp³-hybridized carbons (Fsp3) is 0.438. The van der Waals surface area contributed by atoms with Crippen molar-refractivity contribution in [3.63, 3.8) is 0 Å². The van der Waals surface area contributed by atoms with Gasteiger partial charge in [-0.2, -0.15) is 31.6 Å². The van der Waals surface area contributed by atoms with Gasteiger partial charge in [0, 0.05) is 5.92 Å². The quantitative estimate of drug-likeness (QED) is 0.725. The van der Waals surface area contributed by atoms with Crippen molar-refractivity contribution in [3.05, 3.63) is 34.9 Å².